The van der Waals surface area contributed by atoms with Gasteiger partial charge in [-0.05, 0) is 48.1 Å². The Balaban J connectivity index is 1.33. The van der Waals surface area contributed by atoms with Gasteiger partial charge in [-0.25, -0.2) is 9.18 Å². The Morgan fingerprint density at radius 2 is 2.00 bits per heavy atom. The van der Waals surface area contributed by atoms with E-state index in [2.05, 4.69) is 20.8 Å². The van der Waals surface area contributed by atoms with Gasteiger partial charge < -0.3 is 20.7 Å². The number of nitrogens with one attached hydrogen (secondary N) is 2. The normalized spacial score (nSPS) is 17.4. The van der Waals surface area contributed by atoms with E-state index in [1.165, 1.54) is 23.2 Å². The minimum atomic E-state index is -0.972. The fourth-order valence-electron chi connectivity index (χ4n) is 4.58. The molecule has 36 heavy (non-hydrogen) atoms. The predicted molar refractivity (Wildman–Crippen MR) is 134 cm³/mol. The summed E-state index contributed by atoms with van der Waals surface area (Å²) in [6.45, 7) is 7.24. The molecule has 2 amide bonds. The molecule has 3 heterocycles. The summed E-state index contributed by atoms with van der Waals surface area (Å²) in [7, 11) is 0. The van der Waals surface area contributed by atoms with Gasteiger partial charge in [-0.1, -0.05) is 32.9 Å². The first kappa shape index (κ1) is 25.2. The number of benzene rings is 1. The molecule has 4 rings (SSSR count). The third kappa shape index (κ3) is 5.17. The van der Waals surface area contributed by atoms with Crippen molar-refractivity contribution in [2.75, 3.05) is 25.1 Å². The van der Waals surface area contributed by atoms with Crippen LogP contribution in [0.25, 0.3) is 11.3 Å². The first-order valence-electron chi connectivity index (χ1n) is 11.9. The molecule has 9 nitrogen and oxygen atoms in total. The highest BCUT2D eigenvalue weighted by Gasteiger charge is 2.55. The fraction of sp³-hybridized carbons (Fsp3) is 0.385. The van der Waals surface area contributed by atoms with Crippen LogP contribution in [0, 0.1) is 11.2 Å². The minimum Gasteiger partial charge on any atom is -0.465 e. The monoisotopic (exact) mass is 494 g/mol. The van der Waals surface area contributed by atoms with Crippen LogP contribution < -0.4 is 10.7 Å². The topological polar surface area (TPSA) is 112 Å². The molecule has 3 N–H and O–H groups in total. The first-order chi connectivity index (χ1) is 17.1. The summed E-state index contributed by atoms with van der Waals surface area (Å²) in [5, 5.41) is 16.7. The zero-order valence-electron chi connectivity index (χ0n) is 20.7. The van der Waals surface area contributed by atoms with Gasteiger partial charge in [0.2, 0.25) is 0 Å². The number of likely N-dealkylation sites (tertiary alicyclic amines) is 1. The predicted octanol–water partition coefficient (Wildman–Crippen LogP) is 3.77. The van der Waals surface area contributed by atoms with Crippen LogP contribution in [0.2, 0.25) is 0 Å². The maximum Gasteiger partial charge on any atom is 0.407 e. The van der Waals surface area contributed by atoms with E-state index in [-0.39, 0.29) is 23.7 Å². The Morgan fingerprint density at radius 1 is 1.19 bits per heavy atom. The SMILES string of the molecule is CC(C)(C)[C@@]1(CNC(=O)c2ccc(-c3cnn(NCCc4cccc(F)c4)c3)nc2)CCN1C(=O)O. The van der Waals surface area contributed by atoms with E-state index in [0.717, 1.165) is 11.1 Å². The van der Waals surface area contributed by atoms with E-state index >= 15 is 0 Å². The molecule has 1 atom stereocenters. The first-order valence-corrected chi connectivity index (χ1v) is 11.9. The average Bonchev–Trinajstić information content (AvgIpc) is 3.26. The maximum absolute atomic E-state index is 13.3. The zero-order chi connectivity index (χ0) is 25.9. The molecule has 0 unspecified atom stereocenters. The molecule has 1 aromatic carbocycles. The number of amides is 2. The van der Waals surface area contributed by atoms with Crippen LogP contribution in [0.1, 0.15) is 43.1 Å². The van der Waals surface area contributed by atoms with Crippen molar-refractivity contribution in [2.24, 2.45) is 5.41 Å². The molecule has 0 aliphatic carbocycles. The summed E-state index contributed by atoms with van der Waals surface area (Å²) >= 11 is 0. The molecule has 1 saturated heterocycles. The summed E-state index contributed by atoms with van der Waals surface area (Å²) in [4.78, 5) is 31.8. The number of carbonyl (C=O) groups is 2. The quantitative estimate of drug-likeness (QED) is 0.440. The molecule has 190 valence electrons. The van der Waals surface area contributed by atoms with Gasteiger partial charge >= 0.3 is 6.09 Å². The lowest BCUT2D eigenvalue weighted by Gasteiger charge is -2.58. The number of aromatic nitrogens is 3. The number of hydrogen-bond acceptors (Lipinski definition) is 5. The Kier molecular flexibility index (Phi) is 6.96. The lowest BCUT2D eigenvalue weighted by atomic mass is 9.65. The van der Waals surface area contributed by atoms with Crippen LogP contribution in [0.5, 0.6) is 0 Å². The summed E-state index contributed by atoms with van der Waals surface area (Å²) in [5.41, 5.74) is 4.90. The van der Waals surface area contributed by atoms with Crippen molar-refractivity contribution in [3.05, 3.63) is 71.9 Å². The van der Waals surface area contributed by atoms with Crippen LogP contribution in [0.4, 0.5) is 9.18 Å². The van der Waals surface area contributed by atoms with Gasteiger partial charge in [0.05, 0.1) is 29.2 Å². The summed E-state index contributed by atoms with van der Waals surface area (Å²) in [5.74, 6) is -0.555. The highest BCUT2D eigenvalue weighted by atomic mass is 19.1. The minimum absolute atomic E-state index is 0.234. The molecule has 0 saturated carbocycles. The van der Waals surface area contributed by atoms with Gasteiger partial charge in [0.15, 0.2) is 0 Å². The highest BCUT2D eigenvalue weighted by Crippen LogP contribution is 2.44. The van der Waals surface area contributed by atoms with Crippen LogP contribution in [-0.4, -0.2) is 62.1 Å². The standard InChI is InChI=1S/C26H31FN6O3/c1-25(2,3)26(10-12-32(26)24(35)36)17-29-23(34)19-7-8-22(28-14-19)20-15-31-33(16-20)30-11-9-18-5-4-6-21(27)13-18/h4-8,13-16,30H,9-12,17H2,1-3H3,(H,29,34)(H,35,36)/t26-/m0/s1. The van der Waals surface area contributed by atoms with Crippen molar-refractivity contribution >= 4 is 12.0 Å². The Hall–Kier alpha value is -3.95. The van der Waals surface area contributed by atoms with Gasteiger partial charge in [0.25, 0.3) is 5.91 Å². The molecule has 1 fully saturated rings. The highest BCUT2D eigenvalue weighted by molar-refractivity contribution is 5.94. The lowest BCUT2D eigenvalue weighted by Crippen LogP contribution is -2.72. The van der Waals surface area contributed by atoms with Crippen molar-refractivity contribution in [1.82, 2.24) is 25.1 Å². The molecule has 0 bridgehead atoms. The van der Waals surface area contributed by atoms with Crippen LogP contribution in [-0.2, 0) is 6.42 Å². The molecule has 1 aliphatic rings. The number of carbonyl (C=O) groups excluding carboxylic acids is 1. The number of pyridine rings is 1. The van der Waals surface area contributed by atoms with Crippen LogP contribution in [0.3, 0.4) is 0 Å². The maximum atomic E-state index is 13.3. The van der Waals surface area contributed by atoms with E-state index in [4.69, 9.17) is 0 Å². The van der Waals surface area contributed by atoms with Gasteiger partial charge in [0.1, 0.15) is 5.82 Å². The van der Waals surface area contributed by atoms with Gasteiger partial charge in [-0.2, -0.15) is 9.89 Å². The second-order valence-corrected chi connectivity index (χ2v) is 10.0. The van der Waals surface area contributed by atoms with Crippen LogP contribution >= 0.6 is 0 Å². The van der Waals surface area contributed by atoms with E-state index in [1.54, 1.807) is 35.4 Å². The number of rotatable bonds is 8. The van der Waals surface area contributed by atoms with Crippen molar-refractivity contribution in [1.29, 1.82) is 0 Å². The van der Waals surface area contributed by atoms with E-state index < -0.39 is 11.6 Å². The fourth-order valence-corrected chi connectivity index (χ4v) is 4.58. The summed E-state index contributed by atoms with van der Waals surface area (Å²) in [6, 6.07) is 9.92. The molecule has 2 aromatic heterocycles. The number of hydrogen-bond donors (Lipinski definition) is 3. The van der Waals surface area contributed by atoms with Gasteiger partial charge in [-0.3, -0.25) is 9.78 Å². The van der Waals surface area contributed by atoms with Crippen molar-refractivity contribution in [2.45, 2.75) is 39.2 Å². The molecular weight excluding hydrogens is 463 g/mol. The van der Waals surface area contributed by atoms with Crippen molar-refractivity contribution in [3.8, 4) is 11.3 Å². The van der Waals surface area contributed by atoms with E-state index in [9.17, 15) is 19.1 Å². The van der Waals surface area contributed by atoms with Gasteiger partial charge in [0, 0.05) is 31.4 Å². The molecule has 10 heteroatoms. The zero-order valence-corrected chi connectivity index (χ0v) is 20.7. The Morgan fingerprint density at radius 3 is 2.61 bits per heavy atom. The largest absolute Gasteiger partial charge is 0.465 e. The summed E-state index contributed by atoms with van der Waals surface area (Å²) < 4.78 is 13.3. The van der Waals surface area contributed by atoms with E-state index in [1.807, 2.05) is 26.8 Å². The van der Waals surface area contributed by atoms with Gasteiger partial charge in [-0.15, -0.1) is 0 Å². The molecular formula is C26H31FN6O3. The smallest absolute Gasteiger partial charge is 0.407 e. The number of carboxylic acid groups (broad SMARTS) is 1. The average molecular weight is 495 g/mol. The third-order valence-electron chi connectivity index (χ3n) is 6.91. The Labute approximate surface area is 209 Å². The van der Waals surface area contributed by atoms with E-state index in [0.29, 0.717) is 37.2 Å². The second-order valence-electron chi connectivity index (χ2n) is 10.0. The molecule has 3 aromatic rings. The lowest BCUT2D eigenvalue weighted by molar-refractivity contribution is -0.0690. The molecule has 1 aliphatic heterocycles. The summed E-state index contributed by atoms with van der Waals surface area (Å²) in [6.07, 6.45) is 5.33. The van der Waals surface area contributed by atoms with Crippen molar-refractivity contribution in [3.63, 3.8) is 0 Å². The van der Waals surface area contributed by atoms with Crippen LogP contribution in [0.15, 0.2) is 55.0 Å². The molecule has 0 spiro atoms. The number of halogens is 1. The Bertz CT molecular complexity index is 1240. The number of nitrogens with zero attached hydrogens (tertiary/aromatic N) is 4. The molecule has 0 radical (unpaired) electrons. The van der Waals surface area contributed by atoms with Crippen molar-refractivity contribution < 1.29 is 19.1 Å². The third-order valence-corrected chi connectivity index (χ3v) is 6.91. The second kappa shape index (κ2) is 9.96.